The molecule has 0 fully saturated rings. The average molecular weight is 269 g/mol. The maximum Gasteiger partial charge on any atom is 0.308 e. The summed E-state index contributed by atoms with van der Waals surface area (Å²) in [6, 6.07) is 8.58. The summed E-state index contributed by atoms with van der Waals surface area (Å²) in [5.41, 5.74) is 12.0. The first-order valence-electron chi connectivity index (χ1n) is 5.64. The average Bonchev–Trinajstić information content (AvgIpc) is 2.38. The molecule has 0 radical (unpaired) electrons. The van der Waals surface area contributed by atoms with Crippen LogP contribution in [0.3, 0.4) is 0 Å². The molecule has 1 aromatic carbocycles. The van der Waals surface area contributed by atoms with Crippen molar-refractivity contribution in [2.24, 2.45) is 0 Å². The highest BCUT2D eigenvalue weighted by molar-refractivity contribution is 5.80. The van der Waals surface area contributed by atoms with E-state index in [0.717, 1.165) is 0 Å². The van der Waals surface area contributed by atoms with Crippen LogP contribution in [0.25, 0.3) is 11.3 Å². The molecule has 1 heterocycles. The van der Waals surface area contributed by atoms with Crippen LogP contribution in [0.2, 0.25) is 0 Å². The van der Waals surface area contributed by atoms with Crippen LogP contribution in [-0.4, -0.2) is 15.9 Å². The number of anilines is 2. The molecule has 0 atom stereocenters. The van der Waals surface area contributed by atoms with Crippen molar-refractivity contribution in [2.45, 2.75) is 6.92 Å². The largest absolute Gasteiger partial charge is 0.426 e. The van der Waals surface area contributed by atoms with Gasteiger partial charge < -0.3 is 16.2 Å². The number of ether oxygens (including phenoxy) is 1. The van der Waals surface area contributed by atoms with Gasteiger partial charge >= 0.3 is 5.97 Å². The third-order valence-electron chi connectivity index (χ3n) is 2.46. The molecular weight excluding hydrogens is 258 g/mol. The van der Waals surface area contributed by atoms with Crippen LogP contribution in [0.5, 0.6) is 5.75 Å². The van der Waals surface area contributed by atoms with Crippen LogP contribution >= 0.6 is 0 Å². The van der Waals surface area contributed by atoms with E-state index in [2.05, 4.69) is 9.97 Å². The first kappa shape index (κ1) is 13.3. The molecule has 0 amide bonds. The van der Waals surface area contributed by atoms with Crippen LogP contribution in [-0.2, 0) is 4.79 Å². The zero-order valence-corrected chi connectivity index (χ0v) is 10.6. The van der Waals surface area contributed by atoms with Gasteiger partial charge in [0.1, 0.15) is 23.2 Å². The number of nitrogens with zero attached hydrogens (tertiary/aromatic N) is 3. The number of aromatic nitrogens is 2. The van der Waals surface area contributed by atoms with Crippen molar-refractivity contribution < 1.29 is 9.53 Å². The predicted molar refractivity (Wildman–Crippen MR) is 72.3 cm³/mol. The SMILES string of the molecule is CC(=O)Oc1ccccc1-c1nc(N)nc(N)c1C#N. The summed E-state index contributed by atoms with van der Waals surface area (Å²) in [4.78, 5) is 18.9. The Kier molecular flexibility index (Phi) is 3.48. The quantitative estimate of drug-likeness (QED) is 0.617. The van der Waals surface area contributed by atoms with Gasteiger partial charge in [0.2, 0.25) is 5.95 Å². The van der Waals surface area contributed by atoms with Crippen molar-refractivity contribution >= 4 is 17.7 Å². The molecule has 0 aliphatic rings. The maximum atomic E-state index is 11.1. The van der Waals surface area contributed by atoms with Gasteiger partial charge in [0.05, 0.1) is 5.69 Å². The molecule has 1 aromatic heterocycles. The van der Waals surface area contributed by atoms with E-state index in [-0.39, 0.29) is 28.8 Å². The topological polar surface area (TPSA) is 128 Å². The van der Waals surface area contributed by atoms with E-state index < -0.39 is 5.97 Å². The van der Waals surface area contributed by atoms with Crippen LogP contribution in [0.1, 0.15) is 12.5 Å². The standard InChI is InChI=1S/C13H11N5O2/c1-7(19)20-10-5-3-2-4-8(10)11-9(6-14)12(15)18-13(16)17-11/h2-5H,1H3,(H4,15,16,17,18). The number of benzene rings is 1. The van der Waals surface area contributed by atoms with Gasteiger partial charge in [-0.15, -0.1) is 0 Å². The molecule has 4 N–H and O–H groups in total. The van der Waals surface area contributed by atoms with Crippen molar-refractivity contribution in [1.29, 1.82) is 5.26 Å². The number of carbonyl (C=O) groups is 1. The Morgan fingerprint density at radius 1 is 1.30 bits per heavy atom. The van der Waals surface area contributed by atoms with E-state index in [0.29, 0.717) is 5.56 Å². The summed E-state index contributed by atoms with van der Waals surface area (Å²) in [7, 11) is 0. The third kappa shape index (κ3) is 2.49. The minimum Gasteiger partial charge on any atom is -0.426 e. The molecule has 2 rings (SSSR count). The molecule has 100 valence electrons. The van der Waals surface area contributed by atoms with Crippen molar-refractivity contribution in [2.75, 3.05) is 11.5 Å². The number of rotatable bonds is 2. The van der Waals surface area contributed by atoms with Crippen molar-refractivity contribution in [1.82, 2.24) is 9.97 Å². The van der Waals surface area contributed by atoms with Gasteiger partial charge in [0.25, 0.3) is 0 Å². The van der Waals surface area contributed by atoms with E-state index >= 15 is 0 Å². The van der Waals surface area contributed by atoms with E-state index in [1.54, 1.807) is 24.3 Å². The Morgan fingerprint density at radius 2 is 2.00 bits per heavy atom. The monoisotopic (exact) mass is 269 g/mol. The lowest BCUT2D eigenvalue weighted by Gasteiger charge is -2.10. The molecule has 7 nitrogen and oxygen atoms in total. The number of hydrogen-bond acceptors (Lipinski definition) is 7. The summed E-state index contributed by atoms with van der Waals surface area (Å²) in [5.74, 6) is -0.290. The fraction of sp³-hybridized carbons (Fsp3) is 0.0769. The van der Waals surface area contributed by atoms with E-state index in [1.165, 1.54) is 6.92 Å². The highest BCUT2D eigenvalue weighted by Crippen LogP contribution is 2.32. The second kappa shape index (κ2) is 5.24. The van der Waals surface area contributed by atoms with Gasteiger partial charge in [-0.05, 0) is 12.1 Å². The third-order valence-corrected chi connectivity index (χ3v) is 2.46. The first-order valence-corrected chi connectivity index (χ1v) is 5.64. The summed E-state index contributed by atoms with van der Waals surface area (Å²) in [6.45, 7) is 1.28. The van der Waals surface area contributed by atoms with E-state index in [1.807, 2.05) is 6.07 Å². The minimum absolute atomic E-state index is 0.0207. The molecule has 7 heteroatoms. The molecule has 0 saturated carbocycles. The zero-order chi connectivity index (χ0) is 14.7. The van der Waals surface area contributed by atoms with Crippen LogP contribution in [0.4, 0.5) is 11.8 Å². The number of nitrogen functional groups attached to an aromatic ring is 2. The first-order chi connectivity index (χ1) is 9.52. The Balaban J connectivity index is 2.69. The van der Waals surface area contributed by atoms with Crippen LogP contribution in [0.15, 0.2) is 24.3 Å². The lowest BCUT2D eigenvalue weighted by molar-refractivity contribution is -0.131. The number of para-hydroxylation sites is 1. The Bertz CT molecular complexity index is 721. The Morgan fingerprint density at radius 3 is 2.65 bits per heavy atom. The molecule has 0 saturated heterocycles. The number of esters is 1. The van der Waals surface area contributed by atoms with Gasteiger partial charge in [-0.25, -0.2) is 4.98 Å². The Hall–Kier alpha value is -3.14. The van der Waals surface area contributed by atoms with Gasteiger partial charge in [-0.2, -0.15) is 10.2 Å². The van der Waals surface area contributed by atoms with Gasteiger partial charge in [-0.3, -0.25) is 4.79 Å². The molecule has 0 bridgehead atoms. The second-order valence-corrected chi connectivity index (χ2v) is 3.89. The number of carbonyl (C=O) groups excluding carboxylic acids is 1. The number of nitrogens with two attached hydrogens (primary N) is 2. The normalized spacial score (nSPS) is 9.80. The second-order valence-electron chi connectivity index (χ2n) is 3.89. The summed E-state index contributed by atoms with van der Waals surface area (Å²) in [6.07, 6.45) is 0. The van der Waals surface area contributed by atoms with Crippen LogP contribution < -0.4 is 16.2 Å². The van der Waals surface area contributed by atoms with Gasteiger partial charge in [0.15, 0.2) is 0 Å². The zero-order valence-electron chi connectivity index (χ0n) is 10.6. The number of nitriles is 1. The molecule has 20 heavy (non-hydrogen) atoms. The summed E-state index contributed by atoms with van der Waals surface area (Å²) in [5, 5.41) is 9.17. The van der Waals surface area contributed by atoms with Crippen LogP contribution in [0, 0.1) is 11.3 Å². The molecule has 0 aliphatic carbocycles. The Labute approximate surface area is 114 Å². The lowest BCUT2D eigenvalue weighted by atomic mass is 10.1. The van der Waals surface area contributed by atoms with Crippen molar-refractivity contribution in [3.8, 4) is 23.1 Å². The fourth-order valence-corrected chi connectivity index (χ4v) is 1.71. The number of hydrogen-bond donors (Lipinski definition) is 2. The lowest BCUT2D eigenvalue weighted by Crippen LogP contribution is -2.07. The van der Waals surface area contributed by atoms with E-state index in [9.17, 15) is 4.79 Å². The molecule has 0 spiro atoms. The van der Waals surface area contributed by atoms with E-state index in [4.69, 9.17) is 21.5 Å². The summed E-state index contributed by atoms with van der Waals surface area (Å²) < 4.78 is 5.09. The highest BCUT2D eigenvalue weighted by atomic mass is 16.5. The minimum atomic E-state index is -0.481. The molecule has 0 aliphatic heterocycles. The predicted octanol–water partition coefficient (Wildman–Crippen LogP) is 1.10. The highest BCUT2D eigenvalue weighted by Gasteiger charge is 2.17. The molecule has 0 unspecified atom stereocenters. The van der Waals surface area contributed by atoms with Gasteiger partial charge in [0, 0.05) is 12.5 Å². The molecule has 2 aromatic rings. The maximum absolute atomic E-state index is 11.1. The smallest absolute Gasteiger partial charge is 0.308 e. The van der Waals surface area contributed by atoms with Crippen molar-refractivity contribution in [3.05, 3.63) is 29.8 Å². The van der Waals surface area contributed by atoms with Gasteiger partial charge in [-0.1, -0.05) is 12.1 Å². The van der Waals surface area contributed by atoms with Crippen molar-refractivity contribution in [3.63, 3.8) is 0 Å². The fourth-order valence-electron chi connectivity index (χ4n) is 1.71. The summed E-state index contributed by atoms with van der Waals surface area (Å²) >= 11 is 0. The molecular formula is C13H11N5O2.